The van der Waals surface area contributed by atoms with Crippen molar-refractivity contribution in [3.8, 4) is 5.75 Å². The summed E-state index contributed by atoms with van der Waals surface area (Å²) < 4.78 is 10.8. The molecule has 0 heterocycles. The van der Waals surface area contributed by atoms with Crippen LogP contribution in [0.3, 0.4) is 0 Å². The Morgan fingerprint density at radius 1 is 1.19 bits per heavy atom. The molecule has 0 unspecified atom stereocenters. The highest BCUT2D eigenvalue weighted by molar-refractivity contribution is 5.86. The second kappa shape index (κ2) is 11.4. The molecule has 1 rings (SSSR count). The van der Waals surface area contributed by atoms with Crippen LogP contribution in [0.25, 0.3) is 0 Å². The lowest BCUT2D eigenvalue weighted by Gasteiger charge is -2.21. The number of nitrogens with zero attached hydrogens (tertiary/aromatic N) is 1. The van der Waals surface area contributed by atoms with Gasteiger partial charge in [-0.2, -0.15) is 0 Å². The number of amides is 1. The molecule has 0 spiro atoms. The Balaban J connectivity index is 2.75. The molecular formula is C20H34N4O3. The maximum Gasteiger partial charge on any atom is 0.239 e. The molecule has 0 saturated heterocycles. The van der Waals surface area contributed by atoms with Gasteiger partial charge in [-0.1, -0.05) is 12.1 Å². The van der Waals surface area contributed by atoms with E-state index < -0.39 is 0 Å². The minimum atomic E-state index is -0.259. The molecule has 0 aromatic heterocycles. The van der Waals surface area contributed by atoms with E-state index in [1.165, 1.54) is 0 Å². The van der Waals surface area contributed by atoms with Crippen LogP contribution in [0.1, 0.15) is 38.8 Å². The lowest BCUT2D eigenvalue weighted by atomic mass is 10.1. The first-order valence-electron chi connectivity index (χ1n) is 9.29. The predicted octanol–water partition coefficient (Wildman–Crippen LogP) is 1.99. The van der Waals surface area contributed by atoms with Crippen LogP contribution < -0.4 is 20.7 Å². The summed E-state index contributed by atoms with van der Waals surface area (Å²) in [4.78, 5) is 16.6. The van der Waals surface area contributed by atoms with Gasteiger partial charge in [-0.15, -0.1) is 0 Å². The number of ether oxygens (including phenoxy) is 2. The number of carbonyl (C=O) groups excluding carboxylic acids is 1. The second-order valence-electron chi connectivity index (χ2n) is 7.30. The number of aliphatic imine (C=N–C) groups is 1. The number of carbonyl (C=O) groups is 1. The van der Waals surface area contributed by atoms with Gasteiger partial charge in [0.15, 0.2) is 5.96 Å². The molecule has 0 aliphatic heterocycles. The van der Waals surface area contributed by atoms with Crippen molar-refractivity contribution in [3.63, 3.8) is 0 Å². The first-order valence-corrected chi connectivity index (χ1v) is 9.29. The first kappa shape index (κ1) is 22.8. The average molecular weight is 379 g/mol. The van der Waals surface area contributed by atoms with E-state index in [-0.39, 0.29) is 18.0 Å². The molecule has 0 bridgehead atoms. The summed E-state index contributed by atoms with van der Waals surface area (Å²) in [6.07, 6.45) is 0. The molecule has 3 N–H and O–H groups in total. The van der Waals surface area contributed by atoms with Crippen LogP contribution in [0.5, 0.6) is 5.75 Å². The van der Waals surface area contributed by atoms with Crippen molar-refractivity contribution in [1.82, 2.24) is 16.0 Å². The molecule has 7 heteroatoms. The lowest BCUT2D eigenvalue weighted by Crippen LogP contribution is -2.48. The van der Waals surface area contributed by atoms with E-state index in [1.807, 2.05) is 52.8 Å². The van der Waals surface area contributed by atoms with Gasteiger partial charge in [-0.3, -0.25) is 4.79 Å². The van der Waals surface area contributed by atoms with E-state index in [0.717, 1.165) is 16.9 Å². The molecule has 0 fully saturated rings. The third-order valence-electron chi connectivity index (χ3n) is 3.45. The van der Waals surface area contributed by atoms with E-state index in [0.29, 0.717) is 32.3 Å². The normalized spacial score (nSPS) is 11.9. The summed E-state index contributed by atoms with van der Waals surface area (Å²) in [5.41, 5.74) is 1.84. The first-order chi connectivity index (χ1) is 12.7. The highest BCUT2D eigenvalue weighted by Gasteiger charge is 2.13. The topological polar surface area (TPSA) is 84.0 Å². The third kappa shape index (κ3) is 9.84. The van der Waals surface area contributed by atoms with Crippen LogP contribution in [0.15, 0.2) is 23.2 Å². The van der Waals surface area contributed by atoms with Crippen LogP contribution >= 0.6 is 0 Å². The third-order valence-corrected chi connectivity index (χ3v) is 3.45. The number of methoxy groups -OCH3 is 1. The summed E-state index contributed by atoms with van der Waals surface area (Å²) in [5.74, 6) is 1.31. The molecule has 0 radical (unpaired) electrons. The van der Waals surface area contributed by atoms with Crippen LogP contribution in [-0.2, 0) is 16.1 Å². The minimum Gasteiger partial charge on any atom is -0.491 e. The van der Waals surface area contributed by atoms with Crippen molar-refractivity contribution in [2.24, 2.45) is 4.99 Å². The van der Waals surface area contributed by atoms with Gasteiger partial charge in [-0.25, -0.2) is 4.99 Å². The van der Waals surface area contributed by atoms with Crippen molar-refractivity contribution in [3.05, 3.63) is 29.3 Å². The molecular weight excluding hydrogens is 344 g/mol. The number of rotatable bonds is 9. The molecule has 152 valence electrons. The average Bonchev–Trinajstić information content (AvgIpc) is 2.57. The zero-order chi connectivity index (χ0) is 20.3. The molecule has 0 atom stereocenters. The van der Waals surface area contributed by atoms with Gasteiger partial charge in [0.05, 0.1) is 19.7 Å². The van der Waals surface area contributed by atoms with E-state index >= 15 is 0 Å². The fourth-order valence-electron chi connectivity index (χ4n) is 2.29. The Bertz CT molecular complexity index is 624. The molecule has 0 aliphatic rings. The van der Waals surface area contributed by atoms with E-state index in [1.54, 1.807) is 7.11 Å². The predicted molar refractivity (Wildman–Crippen MR) is 109 cm³/mol. The van der Waals surface area contributed by atoms with Crippen molar-refractivity contribution >= 4 is 11.9 Å². The molecule has 0 aliphatic carbocycles. The maximum atomic E-state index is 12.0. The zero-order valence-electron chi connectivity index (χ0n) is 17.4. The monoisotopic (exact) mass is 378 g/mol. The van der Waals surface area contributed by atoms with Gasteiger partial charge in [0.25, 0.3) is 0 Å². The van der Waals surface area contributed by atoms with Crippen molar-refractivity contribution < 1.29 is 14.3 Å². The molecule has 27 heavy (non-hydrogen) atoms. The smallest absolute Gasteiger partial charge is 0.239 e. The molecule has 1 aromatic carbocycles. The highest BCUT2D eigenvalue weighted by Crippen LogP contribution is 2.21. The second-order valence-corrected chi connectivity index (χ2v) is 7.30. The largest absolute Gasteiger partial charge is 0.491 e. The van der Waals surface area contributed by atoms with Gasteiger partial charge in [-0.05, 0) is 46.2 Å². The number of aryl methyl sites for hydroxylation is 1. The number of guanidine groups is 1. The number of benzene rings is 1. The van der Waals surface area contributed by atoms with Crippen LogP contribution in [0.2, 0.25) is 0 Å². The van der Waals surface area contributed by atoms with Gasteiger partial charge in [0.2, 0.25) is 5.91 Å². The Morgan fingerprint density at radius 2 is 1.93 bits per heavy atom. The molecule has 1 amide bonds. The maximum absolute atomic E-state index is 12.0. The minimum absolute atomic E-state index is 0.0768. The standard InChI is InChI=1S/C20H34N4O3/c1-7-21-19(23-14-18(25)24-20(3,4)5)22-13-16-9-8-15(2)12-17(16)27-11-10-26-6/h8-9,12H,7,10-11,13-14H2,1-6H3,(H,24,25)(H2,21,22,23). The molecule has 0 saturated carbocycles. The van der Waals surface area contributed by atoms with Crippen LogP contribution in [-0.4, -0.2) is 50.8 Å². The number of nitrogens with one attached hydrogen (secondary N) is 3. The fraction of sp³-hybridized carbons (Fsp3) is 0.600. The van der Waals surface area contributed by atoms with Gasteiger partial charge in [0.1, 0.15) is 12.4 Å². The van der Waals surface area contributed by atoms with Gasteiger partial charge >= 0.3 is 0 Å². The Hall–Kier alpha value is -2.28. The zero-order valence-corrected chi connectivity index (χ0v) is 17.4. The van der Waals surface area contributed by atoms with Crippen molar-refractivity contribution in [2.75, 3.05) is 33.4 Å². The van der Waals surface area contributed by atoms with Crippen LogP contribution in [0.4, 0.5) is 0 Å². The lowest BCUT2D eigenvalue weighted by molar-refractivity contribution is -0.121. The number of hydrogen-bond acceptors (Lipinski definition) is 4. The Morgan fingerprint density at radius 3 is 2.56 bits per heavy atom. The van der Waals surface area contributed by atoms with E-state index in [4.69, 9.17) is 9.47 Å². The van der Waals surface area contributed by atoms with Crippen molar-refractivity contribution in [1.29, 1.82) is 0 Å². The molecule has 1 aromatic rings. The van der Waals surface area contributed by atoms with Crippen molar-refractivity contribution in [2.45, 2.75) is 46.7 Å². The Kier molecular flexibility index (Phi) is 9.64. The fourth-order valence-corrected chi connectivity index (χ4v) is 2.29. The van der Waals surface area contributed by atoms with E-state index in [2.05, 4.69) is 20.9 Å². The van der Waals surface area contributed by atoms with Crippen LogP contribution in [0, 0.1) is 6.92 Å². The summed E-state index contributed by atoms with van der Waals surface area (Å²) in [6, 6.07) is 6.04. The van der Waals surface area contributed by atoms with Gasteiger partial charge in [0, 0.05) is 24.8 Å². The summed E-state index contributed by atoms with van der Waals surface area (Å²) in [5, 5.41) is 9.13. The Labute approximate surface area is 162 Å². The summed E-state index contributed by atoms with van der Waals surface area (Å²) >= 11 is 0. The molecule has 7 nitrogen and oxygen atoms in total. The number of hydrogen-bond donors (Lipinski definition) is 3. The summed E-state index contributed by atoms with van der Waals surface area (Å²) in [6.45, 7) is 12.2. The van der Waals surface area contributed by atoms with E-state index in [9.17, 15) is 4.79 Å². The quantitative estimate of drug-likeness (QED) is 0.348. The van der Waals surface area contributed by atoms with Gasteiger partial charge < -0.3 is 25.4 Å². The SMILES string of the molecule is CCNC(=NCc1ccc(C)cc1OCCOC)NCC(=O)NC(C)(C)C. The highest BCUT2D eigenvalue weighted by atomic mass is 16.5. The summed E-state index contributed by atoms with van der Waals surface area (Å²) in [7, 11) is 1.65.